The van der Waals surface area contributed by atoms with Crippen molar-refractivity contribution in [2.45, 2.75) is 38.6 Å². The Labute approximate surface area is 82.7 Å². The van der Waals surface area contributed by atoms with Crippen molar-refractivity contribution >= 4 is 0 Å². The van der Waals surface area contributed by atoms with Crippen molar-refractivity contribution in [1.29, 1.82) is 0 Å². The summed E-state index contributed by atoms with van der Waals surface area (Å²) in [6.45, 7) is 4.86. The van der Waals surface area contributed by atoms with Gasteiger partial charge in [0.05, 0.1) is 0 Å². The van der Waals surface area contributed by atoms with Crippen molar-refractivity contribution in [2.24, 2.45) is 5.92 Å². The first-order valence-electron chi connectivity index (χ1n) is 5.63. The standard InChI is InChI=1S/C11H24N2/c1-4-11(12-2)10-6-5-8-13(3)9-7-10/h10-12H,4-9H2,1-3H3. The predicted molar refractivity (Wildman–Crippen MR) is 58.0 cm³/mol. The summed E-state index contributed by atoms with van der Waals surface area (Å²) in [6, 6.07) is 0.742. The highest BCUT2D eigenvalue weighted by atomic mass is 15.1. The molecule has 1 saturated heterocycles. The number of likely N-dealkylation sites (tertiary alicyclic amines) is 1. The van der Waals surface area contributed by atoms with Crippen molar-refractivity contribution in [3.8, 4) is 0 Å². The van der Waals surface area contributed by atoms with Gasteiger partial charge in [0.25, 0.3) is 0 Å². The van der Waals surface area contributed by atoms with Gasteiger partial charge in [0.15, 0.2) is 0 Å². The molecule has 1 aliphatic rings. The van der Waals surface area contributed by atoms with E-state index in [4.69, 9.17) is 0 Å². The molecule has 0 amide bonds. The zero-order valence-corrected chi connectivity index (χ0v) is 9.34. The van der Waals surface area contributed by atoms with E-state index in [1.807, 2.05) is 0 Å². The molecule has 0 aromatic heterocycles. The molecule has 0 saturated carbocycles. The average molecular weight is 184 g/mol. The third-order valence-corrected chi connectivity index (χ3v) is 3.38. The minimum absolute atomic E-state index is 0.742. The van der Waals surface area contributed by atoms with Crippen LogP contribution >= 0.6 is 0 Å². The summed E-state index contributed by atoms with van der Waals surface area (Å²) in [5.74, 6) is 0.903. The van der Waals surface area contributed by atoms with Crippen LogP contribution in [0.5, 0.6) is 0 Å². The minimum Gasteiger partial charge on any atom is -0.317 e. The first kappa shape index (κ1) is 11.0. The molecule has 0 spiro atoms. The van der Waals surface area contributed by atoms with Crippen LogP contribution < -0.4 is 5.32 Å². The quantitative estimate of drug-likeness (QED) is 0.718. The van der Waals surface area contributed by atoms with E-state index in [1.54, 1.807) is 0 Å². The molecule has 2 atom stereocenters. The van der Waals surface area contributed by atoms with Gasteiger partial charge in [-0.1, -0.05) is 6.92 Å². The Kier molecular flexibility index (Phi) is 4.74. The predicted octanol–water partition coefficient (Wildman–Crippen LogP) is 1.72. The molecule has 13 heavy (non-hydrogen) atoms. The van der Waals surface area contributed by atoms with E-state index < -0.39 is 0 Å². The van der Waals surface area contributed by atoms with Gasteiger partial charge >= 0.3 is 0 Å². The van der Waals surface area contributed by atoms with E-state index in [0.29, 0.717) is 0 Å². The summed E-state index contributed by atoms with van der Waals surface area (Å²) in [7, 11) is 4.34. The molecule has 0 aromatic carbocycles. The monoisotopic (exact) mass is 184 g/mol. The molecule has 2 nitrogen and oxygen atoms in total. The van der Waals surface area contributed by atoms with Gasteiger partial charge in [0.1, 0.15) is 0 Å². The van der Waals surface area contributed by atoms with Gasteiger partial charge in [0.2, 0.25) is 0 Å². The summed E-state index contributed by atoms with van der Waals surface area (Å²) in [5, 5.41) is 3.45. The largest absolute Gasteiger partial charge is 0.317 e. The van der Waals surface area contributed by atoms with Gasteiger partial charge in [-0.15, -0.1) is 0 Å². The van der Waals surface area contributed by atoms with Crippen LogP contribution in [-0.2, 0) is 0 Å². The Morgan fingerprint density at radius 3 is 2.77 bits per heavy atom. The van der Waals surface area contributed by atoms with Gasteiger partial charge in [-0.2, -0.15) is 0 Å². The van der Waals surface area contributed by atoms with Crippen molar-refractivity contribution in [3.63, 3.8) is 0 Å². The number of rotatable bonds is 3. The van der Waals surface area contributed by atoms with Crippen molar-refractivity contribution in [2.75, 3.05) is 27.2 Å². The number of hydrogen-bond donors (Lipinski definition) is 1. The maximum absolute atomic E-state index is 3.45. The zero-order chi connectivity index (χ0) is 9.68. The molecule has 78 valence electrons. The Bertz CT molecular complexity index is 132. The highest BCUT2D eigenvalue weighted by Gasteiger charge is 2.20. The van der Waals surface area contributed by atoms with E-state index in [0.717, 1.165) is 12.0 Å². The van der Waals surface area contributed by atoms with Gasteiger partial charge in [-0.3, -0.25) is 0 Å². The van der Waals surface area contributed by atoms with Gasteiger partial charge < -0.3 is 10.2 Å². The van der Waals surface area contributed by atoms with Crippen LogP contribution in [0, 0.1) is 5.92 Å². The lowest BCUT2D eigenvalue weighted by atomic mass is 9.91. The van der Waals surface area contributed by atoms with Crippen LogP contribution in [-0.4, -0.2) is 38.1 Å². The second kappa shape index (κ2) is 5.61. The fraction of sp³-hybridized carbons (Fsp3) is 1.00. The number of nitrogens with zero attached hydrogens (tertiary/aromatic N) is 1. The van der Waals surface area contributed by atoms with E-state index >= 15 is 0 Å². The number of nitrogens with one attached hydrogen (secondary N) is 1. The first-order valence-corrected chi connectivity index (χ1v) is 5.63. The van der Waals surface area contributed by atoms with Crippen LogP contribution in [0.15, 0.2) is 0 Å². The SMILES string of the molecule is CCC(NC)C1CCCN(C)CC1. The highest BCUT2D eigenvalue weighted by molar-refractivity contribution is 4.77. The Balaban J connectivity index is 2.40. The molecule has 0 aromatic rings. The lowest BCUT2D eigenvalue weighted by Gasteiger charge is -2.24. The van der Waals surface area contributed by atoms with E-state index in [2.05, 4.69) is 31.2 Å². The molecular formula is C11H24N2. The maximum Gasteiger partial charge on any atom is 0.00901 e. The second-order valence-corrected chi connectivity index (χ2v) is 4.30. The normalized spacial score (nSPS) is 28.4. The number of hydrogen-bond acceptors (Lipinski definition) is 2. The summed E-state index contributed by atoms with van der Waals surface area (Å²) < 4.78 is 0. The Morgan fingerprint density at radius 1 is 1.38 bits per heavy atom. The zero-order valence-electron chi connectivity index (χ0n) is 9.34. The highest BCUT2D eigenvalue weighted by Crippen LogP contribution is 2.21. The van der Waals surface area contributed by atoms with Crippen molar-refractivity contribution < 1.29 is 0 Å². The molecule has 1 heterocycles. The molecular weight excluding hydrogens is 160 g/mol. The summed E-state index contributed by atoms with van der Waals surface area (Å²) in [5.41, 5.74) is 0. The Morgan fingerprint density at radius 2 is 2.15 bits per heavy atom. The van der Waals surface area contributed by atoms with Crippen LogP contribution in [0.4, 0.5) is 0 Å². The molecule has 0 aliphatic carbocycles. The summed E-state index contributed by atoms with van der Waals surface area (Å²) in [4.78, 5) is 2.46. The van der Waals surface area contributed by atoms with E-state index in [-0.39, 0.29) is 0 Å². The van der Waals surface area contributed by atoms with Crippen molar-refractivity contribution in [1.82, 2.24) is 10.2 Å². The molecule has 1 fully saturated rings. The lowest BCUT2D eigenvalue weighted by Crippen LogP contribution is -2.33. The second-order valence-electron chi connectivity index (χ2n) is 4.30. The smallest absolute Gasteiger partial charge is 0.00901 e. The molecule has 2 heteroatoms. The van der Waals surface area contributed by atoms with Gasteiger partial charge in [-0.05, 0) is 58.8 Å². The lowest BCUT2D eigenvalue weighted by molar-refractivity contribution is 0.309. The van der Waals surface area contributed by atoms with E-state index in [1.165, 1.54) is 38.8 Å². The molecule has 0 bridgehead atoms. The minimum atomic E-state index is 0.742. The third kappa shape index (κ3) is 3.28. The molecule has 0 radical (unpaired) electrons. The van der Waals surface area contributed by atoms with Crippen LogP contribution in [0.1, 0.15) is 32.6 Å². The van der Waals surface area contributed by atoms with Crippen LogP contribution in [0.2, 0.25) is 0 Å². The molecule has 1 aliphatic heterocycles. The molecule has 1 rings (SSSR count). The van der Waals surface area contributed by atoms with Crippen molar-refractivity contribution in [3.05, 3.63) is 0 Å². The Hall–Kier alpha value is -0.0800. The van der Waals surface area contributed by atoms with Gasteiger partial charge in [-0.25, -0.2) is 0 Å². The topological polar surface area (TPSA) is 15.3 Å². The molecule has 1 N–H and O–H groups in total. The maximum atomic E-state index is 3.45. The fourth-order valence-electron chi connectivity index (χ4n) is 2.44. The van der Waals surface area contributed by atoms with Gasteiger partial charge in [0, 0.05) is 6.04 Å². The molecule has 2 unspecified atom stereocenters. The average Bonchev–Trinajstić information content (AvgIpc) is 2.34. The fourth-order valence-corrected chi connectivity index (χ4v) is 2.44. The van der Waals surface area contributed by atoms with Crippen LogP contribution in [0.3, 0.4) is 0 Å². The third-order valence-electron chi connectivity index (χ3n) is 3.38. The van der Waals surface area contributed by atoms with E-state index in [9.17, 15) is 0 Å². The summed E-state index contributed by atoms with van der Waals surface area (Å²) in [6.07, 6.45) is 5.42. The first-order chi connectivity index (χ1) is 6.27. The van der Waals surface area contributed by atoms with Crippen LogP contribution in [0.25, 0.3) is 0 Å². The summed E-state index contributed by atoms with van der Waals surface area (Å²) >= 11 is 0.